The van der Waals surface area contributed by atoms with E-state index in [4.69, 9.17) is 0 Å². The minimum Gasteiger partial charge on any atom is -0.309 e. The average Bonchev–Trinajstić information content (AvgIpc) is 3.03. The van der Waals surface area contributed by atoms with Gasteiger partial charge in [0.2, 0.25) is 0 Å². The third-order valence-corrected chi connectivity index (χ3v) is 4.55. The van der Waals surface area contributed by atoms with E-state index in [1.807, 2.05) is 0 Å². The van der Waals surface area contributed by atoms with Gasteiger partial charge in [-0.05, 0) is 75.4 Å². The summed E-state index contributed by atoms with van der Waals surface area (Å²) in [6.07, 6.45) is 2.45. The molecule has 3 heteroatoms. The van der Waals surface area contributed by atoms with E-state index in [1.54, 1.807) is 0 Å². The van der Waals surface area contributed by atoms with Crippen LogP contribution in [0.5, 0.6) is 0 Å². The molecular formula is C17H23N3. The molecule has 1 aromatic carbocycles. The third kappa shape index (κ3) is 2.16. The van der Waals surface area contributed by atoms with Gasteiger partial charge in [0.25, 0.3) is 0 Å². The smallest absolute Gasteiger partial charge is 0.0956 e. The molecular weight excluding hydrogens is 246 g/mol. The largest absolute Gasteiger partial charge is 0.309 e. The lowest BCUT2D eigenvalue weighted by atomic mass is 9.96. The predicted octanol–water partition coefficient (Wildman–Crippen LogP) is 3.73. The lowest BCUT2D eigenvalue weighted by Gasteiger charge is -2.11. The Hall–Kier alpha value is -1.61. The number of hydrogen-bond acceptors (Lipinski definition) is 2. The predicted molar refractivity (Wildman–Crippen MR) is 82.9 cm³/mol. The number of aromatic amines is 1. The fourth-order valence-electron chi connectivity index (χ4n) is 3.16. The molecule has 1 aromatic heterocycles. The van der Waals surface area contributed by atoms with Crippen molar-refractivity contribution in [3.63, 3.8) is 0 Å². The first-order valence-corrected chi connectivity index (χ1v) is 7.44. The van der Waals surface area contributed by atoms with Gasteiger partial charge >= 0.3 is 0 Å². The Morgan fingerprint density at radius 2 is 1.80 bits per heavy atom. The van der Waals surface area contributed by atoms with Gasteiger partial charge in [0, 0.05) is 11.6 Å². The Labute approximate surface area is 120 Å². The van der Waals surface area contributed by atoms with Crippen molar-refractivity contribution < 1.29 is 0 Å². The molecule has 0 saturated carbocycles. The van der Waals surface area contributed by atoms with Crippen molar-refractivity contribution in [3.05, 3.63) is 40.1 Å². The SMILES string of the molecule is Cc1cc(C)c(-c2n[nH]c(C3CCCN3)c2C)cc1C. The Balaban J connectivity index is 2.05. The van der Waals surface area contributed by atoms with E-state index in [0.717, 1.165) is 12.2 Å². The number of nitrogens with one attached hydrogen (secondary N) is 2. The van der Waals surface area contributed by atoms with Crippen LogP contribution in [0, 0.1) is 27.7 Å². The highest BCUT2D eigenvalue weighted by molar-refractivity contribution is 5.69. The van der Waals surface area contributed by atoms with Crippen LogP contribution >= 0.6 is 0 Å². The summed E-state index contributed by atoms with van der Waals surface area (Å²) in [6, 6.07) is 4.97. The van der Waals surface area contributed by atoms with Gasteiger partial charge in [-0.3, -0.25) is 5.10 Å². The maximum atomic E-state index is 4.60. The number of H-pyrrole nitrogens is 1. The van der Waals surface area contributed by atoms with Gasteiger partial charge in [0.1, 0.15) is 0 Å². The number of aromatic nitrogens is 2. The number of rotatable bonds is 2. The van der Waals surface area contributed by atoms with Crippen LogP contribution in [0.4, 0.5) is 0 Å². The number of aryl methyl sites for hydroxylation is 3. The maximum absolute atomic E-state index is 4.60. The van der Waals surface area contributed by atoms with Gasteiger partial charge < -0.3 is 5.32 Å². The van der Waals surface area contributed by atoms with Crippen molar-refractivity contribution in [1.29, 1.82) is 0 Å². The molecule has 106 valence electrons. The summed E-state index contributed by atoms with van der Waals surface area (Å²) in [5.41, 5.74) is 8.88. The number of benzene rings is 1. The third-order valence-electron chi connectivity index (χ3n) is 4.55. The molecule has 1 aliphatic rings. The van der Waals surface area contributed by atoms with Crippen LogP contribution in [-0.4, -0.2) is 16.7 Å². The van der Waals surface area contributed by atoms with Crippen LogP contribution in [0.1, 0.15) is 46.8 Å². The highest BCUT2D eigenvalue weighted by atomic mass is 15.1. The zero-order valence-electron chi connectivity index (χ0n) is 12.8. The van der Waals surface area contributed by atoms with Crippen LogP contribution in [0.25, 0.3) is 11.3 Å². The molecule has 2 aromatic rings. The normalized spacial score (nSPS) is 18.7. The Kier molecular flexibility index (Phi) is 3.38. The summed E-state index contributed by atoms with van der Waals surface area (Å²) < 4.78 is 0. The summed E-state index contributed by atoms with van der Waals surface area (Å²) in [5, 5.41) is 11.4. The lowest BCUT2D eigenvalue weighted by molar-refractivity contribution is 0.622. The van der Waals surface area contributed by atoms with E-state index in [0.29, 0.717) is 6.04 Å². The first-order chi connectivity index (χ1) is 9.58. The molecule has 0 aliphatic carbocycles. The van der Waals surface area contributed by atoms with Crippen LogP contribution in [0.3, 0.4) is 0 Å². The summed E-state index contributed by atoms with van der Waals surface area (Å²) >= 11 is 0. The summed E-state index contributed by atoms with van der Waals surface area (Å²) in [5.74, 6) is 0. The monoisotopic (exact) mass is 269 g/mol. The molecule has 1 atom stereocenters. The minimum absolute atomic E-state index is 0.447. The quantitative estimate of drug-likeness (QED) is 0.872. The van der Waals surface area contributed by atoms with Crippen molar-refractivity contribution >= 4 is 0 Å². The highest BCUT2D eigenvalue weighted by Gasteiger charge is 2.22. The Bertz CT molecular complexity index is 634. The summed E-state index contributed by atoms with van der Waals surface area (Å²) in [6.45, 7) is 9.80. The highest BCUT2D eigenvalue weighted by Crippen LogP contribution is 2.32. The molecule has 1 aliphatic heterocycles. The van der Waals surface area contributed by atoms with Crippen molar-refractivity contribution in [2.45, 2.75) is 46.6 Å². The molecule has 3 rings (SSSR count). The second-order valence-corrected chi connectivity index (χ2v) is 6.01. The lowest BCUT2D eigenvalue weighted by Crippen LogP contribution is -2.14. The van der Waals surface area contributed by atoms with Gasteiger partial charge in [-0.2, -0.15) is 5.10 Å². The molecule has 2 heterocycles. The molecule has 1 unspecified atom stereocenters. The van der Waals surface area contributed by atoms with Gasteiger partial charge in [-0.1, -0.05) is 6.07 Å². The summed E-state index contributed by atoms with van der Waals surface area (Å²) in [4.78, 5) is 0. The van der Waals surface area contributed by atoms with Crippen molar-refractivity contribution in [1.82, 2.24) is 15.5 Å². The van der Waals surface area contributed by atoms with Gasteiger partial charge in [0.05, 0.1) is 11.4 Å². The number of hydrogen-bond donors (Lipinski definition) is 2. The molecule has 1 fully saturated rings. The fourth-order valence-corrected chi connectivity index (χ4v) is 3.16. The average molecular weight is 269 g/mol. The standard InChI is InChI=1S/C17H23N3/c1-10-8-12(3)14(9-11(10)2)16-13(4)17(20-19-16)15-6-5-7-18-15/h8-9,15,18H,5-7H2,1-4H3,(H,19,20). The second-order valence-electron chi connectivity index (χ2n) is 6.01. The molecule has 3 nitrogen and oxygen atoms in total. The van der Waals surface area contributed by atoms with Crippen molar-refractivity contribution in [2.75, 3.05) is 6.54 Å². The topological polar surface area (TPSA) is 40.7 Å². The van der Waals surface area contributed by atoms with Gasteiger partial charge in [-0.15, -0.1) is 0 Å². The van der Waals surface area contributed by atoms with Crippen LogP contribution in [0.2, 0.25) is 0 Å². The van der Waals surface area contributed by atoms with Gasteiger partial charge in [0.15, 0.2) is 0 Å². The zero-order valence-corrected chi connectivity index (χ0v) is 12.8. The second kappa shape index (κ2) is 5.06. The van der Waals surface area contributed by atoms with E-state index in [2.05, 4.69) is 55.3 Å². The molecule has 1 saturated heterocycles. The van der Waals surface area contributed by atoms with Crippen LogP contribution in [-0.2, 0) is 0 Å². The minimum atomic E-state index is 0.447. The molecule has 2 N–H and O–H groups in total. The van der Waals surface area contributed by atoms with Crippen molar-refractivity contribution in [3.8, 4) is 11.3 Å². The Morgan fingerprint density at radius 3 is 2.50 bits per heavy atom. The first-order valence-electron chi connectivity index (χ1n) is 7.44. The fraction of sp³-hybridized carbons (Fsp3) is 0.471. The first kappa shape index (κ1) is 13.4. The number of nitrogens with zero attached hydrogens (tertiary/aromatic N) is 1. The van der Waals surface area contributed by atoms with Crippen LogP contribution in [0.15, 0.2) is 12.1 Å². The van der Waals surface area contributed by atoms with E-state index < -0.39 is 0 Å². The molecule has 0 spiro atoms. The van der Waals surface area contributed by atoms with E-state index >= 15 is 0 Å². The van der Waals surface area contributed by atoms with Gasteiger partial charge in [-0.25, -0.2) is 0 Å². The summed E-state index contributed by atoms with van der Waals surface area (Å²) in [7, 11) is 0. The Morgan fingerprint density at radius 1 is 1.05 bits per heavy atom. The van der Waals surface area contributed by atoms with Crippen LogP contribution < -0.4 is 5.32 Å². The van der Waals surface area contributed by atoms with E-state index in [-0.39, 0.29) is 0 Å². The maximum Gasteiger partial charge on any atom is 0.0956 e. The van der Waals surface area contributed by atoms with E-state index in [1.165, 1.54) is 46.4 Å². The zero-order chi connectivity index (χ0) is 14.3. The molecule has 0 amide bonds. The molecule has 0 radical (unpaired) electrons. The molecule has 20 heavy (non-hydrogen) atoms. The van der Waals surface area contributed by atoms with E-state index in [9.17, 15) is 0 Å². The molecule has 0 bridgehead atoms. The van der Waals surface area contributed by atoms with Crippen molar-refractivity contribution in [2.24, 2.45) is 0 Å².